The second-order valence-electron chi connectivity index (χ2n) is 4.84. The van der Waals surface area contributed by atoms with E-state index in [1.165, 1.54) is 7.11 Å². The molecule has 1 aliphatic heterocycles. The fourth-order valence-electron chi connectivity index (χ4n) is 3.66. The molecule has 2 bridgehead atoms. The van der Waals surface area contributed by atoms with E-state index in [9.17, 15) is 4.79 Å². The van der Waals surface area contributed by atoms with E-state index in [-0.39, 0.29) is 17.8 Å². The number of methoxy groups -OCH3 is 1. The number of carbonyl (C=O) groups is 1. The number of alkyl halides is 1. The highest BCUT2D eigenvalue weighted by Gasteiger charge is 2.64. The van der Waals surface area contributed by atoms with Crippen LogP contribution in [0.25, 0.3) is 0 Å². The Morgan fingerprint density at radius 3 is 2.73 bits per heavy atom. The third-order valence-electron chi connectivity index (χ3n) is 4.36. The average Bonchev–Trinajstić information content (AvgIpc) is 3.08. The molecule has 6 atom stereocenters. The second-order valence-corrected chi connectivity index (χ2v) is 5.15. The first-order valence-electron chi connectivity index (χ1n) is 5.57. The van der Waals surface area contributed by atoms with E-state index in [0.717, 1.165) is 12.8 Å². The van der Waals surface area contributed by atoms with Gasteiger partial charge in [-0.2, -0.15) is 0 Å². The molecule has 0 radical (unpaired) electrons. The third-order valence-corrected chi connectivity index (χ3v) is 4.72. The summed E-state index contributed by atoms with van der Waals surface area (Å²) >= 11 is 5.99. The van der Waals surface area contributed by atoms with Crippen LogP contribution >= 0.6 is 11.6 Å². The average molecular weight is 231 g/mol. The fourth-order valence-corrected chi connectivity index (χ4v) is 4.08. The number of carbonyl (C=O) groups excluding carboxylic acids is 1. The van der Waals surface area contributed by atoms with Crippen LogP contribution < -0.4 is 0 Å². The molecule has 0 aromatic carbocycles. The summed E-state index contributed by atoms with van der Waals surface area (Å²) in [7, 11) is 1.46. The van der Waals surface area contributed by atoms with Gasteiger partial charge in [0.15, 0.2) is 0 Å². The van der Waals surface area contributed by atoms with Crippen molar-refractivity contribution < 1.29 is 14.3 Å². The Balaban J connectivity index is 1.88. The Hall–Kier alpha value is -0.280. The van der Waals surface area contributed by atoms with Crippen LogP contribution in [0.3, 0.4) is 0 Å². The number of rotatable bonds is 2. The van der Waals surface area contributed by atoms with Crippen molar-refractivity contribution in [3.8, 4) is 0 Å². The van der Waals surface area contributed by atoms with Crippen LogP contribution in [0, 0.1) is 23.7 Å². The zero-order chi connectivity index (χ0) is 10.6. The molecule has 1 heterocycles. The molecule has 3 saturated carbocycles. The van der Waals surface area contributed by atoms with Crippen molar-refractivity contribution in [1.82, 2.24) is 0 Å². The zero-order valence-electron chi connectivity index (χ0n) is 8.69. The van der Waals surface area contributed by atoms with E-state index in [2.05, 4.69) is 0 Å². The van der Waals surface area contributed by atoms with E-state index in [0.29, 0.717) is 29.9 Å². The molecule has 15 heavy (non-hydrogen) atoms. The highest BCUT2D eigenvalue weighted by atomic mass is 35.5. The predicted molar refractivity (Wildman–Crippen MR) is 54.6 cm³/mol. The van der Waals surface area contributed by atoms with E-state index in [1.807, 2.05) is 0 Å². The van der Waals surface area contributed by atoms with Crippen molar-refractivity contribution in [3.05, 3.63) is 0 Å². The maximum Gasteiger partial charge on any atom is 0.309 e. The molecular formula is C11H15ClO3. The van der Waals surface area contributed by atoms with Crippen molar-refractivity contribution in [2.24, 2.45) is 23.7 Å². The van der Waals surface area contributed by atoms with Gasteiger partial charge in [-0.25, -0.2) is 0 Å². The minimum Gasteiger partial charge on any atom is -0.469 e. The summed E-state index contributed by atoms with van der Waals surface area (Å²) in [4.78, 5) is 11.8. The van der Waals surface area contributed by atoms with Crippen LogP contribution in [0.15, 0.2) is 0 Å². The Bertz CT molecular complexity index is 294. The van der Waals surface area contributed by atoms with Crippen LogP contribution in [0.1, 0.15) is 12.8 Å². The standard InChI is InChI=1S/C11H15ClO3/c1-14-11(13)8-6-3-2-5(7(8)4-12)9-10(6)15-9/h5-10H,2-4H2,1H3/t5-,6+,7+,8+,9-,10+/m0/s1. The smallest absolute Gasteiger partial charge is 0.309 e. The molecule has 4 aliphatic rings. The molecule has 84 valence electrons. The van der Waals surface area contributed by atoms with Gasteiger partial charge in [0, 0.05) is 11.8 Å². The van der Waals surface area contributed by atoms with Gasteiger partial charge < -0.3 is 9.47 Å². The van der Waals surface area contributed by atoms with Crippen LogP contribution in [0.2, 0.25) is 0 Å². The lowest BCUT2D eigenvalue weighted by Crippen LogP contribution is -2.49. The summed E-state index contributed by atoms with van der Waals surface area (Å²) in [6, 6.07) is 0. The molecule has 0 amide bonds. The van der Waals surface area contributed by atoms with Gasteiger partial charge >= 0.3 is 5.97 Å². The maximum absolute atomic E-state index is 11.8. The number of hydrogen-bond donors (Lipinski definition) is 0. The lowest BCUT2D eigenvalue weighted by atomic mass is 9.59. The monoisotopic (exact) mass is 230 g/mol. The van der Waals surface area contributed by atoms with Gasteiger partial charge in [0.05, 0.1) is 25.2 Å². The first-order chi connectivity index (χ1) is 7.27. The normalized spacial score (nSPS) is 51.1. The third kappa shape index (κ3) is 1.26. The number of halogens is 1. The maximum atomic E-state index is 11.8. The highest BCUT2D eigenvalue weighted by Crippen LogP contribution is 2.58. The summed E-state index contributed by atoms with van der Waals surface area (Å²) in [5, 5.41) is 0. The van der Waals surface area contributed by atoms with Gasteiger partial charge in [0.1, 0.15) is 0 Å². The summed E-state index contributed by atoms with van der Waals surface area (Å²) < 4.78 is 10.5. The minimum atomic E-state index is -0.0932. The van der Waals surface area contributed by atoms with Crippen LogP contribution in [0.5, 0.6) is 0 Å². The molecular weight excluding hydrogens is 216 g/mol. The minimum absolute atomic E-state index is 0.0185. The van der Waals surface area contributed by atoms with Gasteiger partial charge in [-0.05, 0) is 24.7 Å². The van der Waals surface area contributed by atoms with E-state index >= 15 is 0 Å². The van der Waals surface area contributed by atoms with Crippen LogP contribution in [-0.4, -0.2) is 31.2 Å². The molecule has 4 fully saturated rings. The van der Waals surface area contributed by atoms with Gasteiger partial charge in [-0.1, -0.05) is 0 Å². The van der Waals surface area contributed by atoms with Crippen molar-refractivity contribution in [2.45, 2.75) is 25.0 Å². The molecule has 4 heteroatoms. The Labute approximate surface area is 94.1 Å². The summed E-state index contributed by atoms with van der Waals surface area (Å²) in [5.41, 5.74) is 0. The van der Waals surface area contributed by atoms with Gasteiger partial charge in [0.25, 0.3) is 0 Å². The van der Waals surface area contributed by atoms with Crippen molar-refractivity contribution in [3.63, 3.8) is 0 Å². The number of fused-ring (bicyclic) bond motifs is 2. The molecule has 4 rings (SSSR count). The largest absolute Gasteiger partial charge is 0.469 e. The van der Waals surface area contributed by atoms with E-state index in [1.54, 1.807) is 0 Å². The molecule has 3 nitrogen and oxygen atoms in total. The number of epoxide rings is 1. The van der Waals surface area contributed by atoms with E-state index < -0.39 is 0 Å². The Morgan fingerprint density at radius 1 is 1.40 bits per heavy atom. The van der Waals surface area contributed by atoms with Crippen molar-refractivity contribution in [2.75, 3.05) is 13.0 Å². The highest BCUT2D eigenvalue weighted by molar-refractivity contribution is 6.18. The molecule has 3 aliphatic carbocycles. The van der Waals surface area contributed by atoms with E-state index in [4.69, 9.17) is 21.1 Å². The first-order valence-corrected chi connectivity index (χ1v) is 6.10. The molecule has 0 spiro atoms. The fraction of sp³-hybridized carbons (Fsp3) is 0.909. The first kappa shape index (κ1) is 9.91. The molecule has 0 unspecified atom stereocenters. The molecule has 1 saturated heterocycles. The van der Waals surface area contributed by atoms with Gasteiger partial charge in [-0.3, -0.25) is 4.79 Å². The Morgan fingerprint density at radius 2 is 2.07 bits per heavy atom. The SMILES string of the molecule is COC(=O)[C@H]1[C@H](CCl)[C@@H]2CC[C@H]1[C@H]1O[C@@H]21. The quantitative estimate of drug-likeness (QED) is 0.409. The number of ether oxygens (including phenoxy) is 2. The second kappa shape index (κ2) is 3.36. The summed E-state index contributed by atoms with van der Waals surface area (Å²) in [5.74, 6) is 1.55. The lowest BCUT2D eigenvalue weighted by Gasteiger charge is -2.43. The topological polar surface area (TPSA) is 38.8 Å². The van der Waals surface area contributed by atoms with Gasteiger partial charge in [-0.15, -0.1) is 11.6 Å². The molecule has 0 aromatic rings. The summed E-state index contributed by atoms with van der Waals surface area (Å²) in [6.45, 7) is 0. The number of hydrogen-bond acceptors (Lipinski definition) is 3. The van der Waals surface area contributed by atoms with Crippen molar-refractivity contribution >= 4 is 17.6 Å². The number of esters is 1. The predicted octanol–water partition coefficient (Wildman–Crippen LogP) is 1.44. The van der Waals surface area contributed by atoms with Crippen molar-refractivity contribution in [1.29, 1.82) is 0 Å². The zero-order valence-corrected chi connectivity index (χ0v) is 9.44. The Kier molecular flexibility index (Phi) is 2.22. The van der Waals surface area contributed by atoms with Crippen LogP contribution in [-0.2, 0) is 14.3 Å². The lowest BCUT2D eigenvalue weighted by molar-refractivity contribution is -0.153. The van der Waals surface area contributed by atoms with Crippen LogP contribution in [0.4, 0.5) is 0 Å². The van der Waals surface area contributed by atoms with Gasteiger partial charge in [0.2, 0.25) is 0 Å². The molecule has 0 aromatic heterocycles. The molecule has 0 N–H and O–H groups in total. The summed E-state index contributed by atoms with van der Waals surface area (Å²) in [6.07, 6.45) is 2.98.